The summed E-state index contributed by atoms with van der Waals surface area (Å²) in [6, 6.07) is 12.6. The molecule has 1 amide bonds. The Morgan fingerprint density at radius 2 is 1.45 bits per heavy atom. The van der Waals surface area contributed by atoms with Crippen LogP contribution in [0.2, 0.25) is 0 Å². The van der Waals surface area contributed by atoms with Crippen LogP contribution in [0.5, 0.6) is 11.5 Å². The van der Waals surface area contributed by atoms with Crippen LogP contribution in [0.1, 0.15) is 26.3 Å². The van der Waals surface area contributed by atoms with E-state index in [1.165, 1.54) is 54.6 Å². The molecule has 5 nitrogen and oxygen atoms in total. The number of carbonyl (C=O) groups excluding carboxylic acids is 2. The van der Waals surface area contributed by atoms with Gasteiger partial charge in [0.05, 0.1) is 0 Å². The van der Waals surface area contributed by atoms with Crippen LogP contribution in [-0.4, -0.2) is 21.9 Å². The Morgan fingerprint density at radius 3 is 2.07 bits per heavy atom. The summed E-state index contributed by atoms with van der Waals surface area (Å²) in [5.74, 6) is -3.27. The summed E-state index contributed by atoms with van der Waals surface area (Å²) >= 11 is 0. The van der Waals surface area contributed by atoms with Crippen LogP contribution < -0.4 is 5.32 Å². The van der Waals surface area contributed by atoms with Crippen LogP contribution in [0.25, 0.3) is 6.08 Å². The average Bonchev–Trinajstić information content (AvgIpc) is 2.68. The van der Waals surface area contributed by atoms with E-state index in [4.69, 9.17) is 0 Å². The molecule has 0 aliphatic carbocycles. The van der Waals surface area contributed by atoms with E-state index in [9.17, 15) is 28.6 Å². The number of amides is 1. The van der Waals surface area contributed by atoms with Crippen LogP contribution in [0.4, 0.5) is 14.5 Å². The van der Waals surface area contributed by atoms with Crippen molar-refractivity contribution < 1.29 is 28.6 Å². The van der Waals surface area contributed by atoms with Gasteiger partial charge in [-0.2, -0.15) is 0 Å². The maximum atomic E-state index is 13.2. The van der Waals surface area contributed by atoms with Crippen molar-refractivity contribution in [2.24, 2.45) is 0 Å². The van der Waals surface area contributed by atoms with Crippen molar-refractivity contribution in [2.75, 3.05) is 5.32 Å². The van der Waals surface area contributed by atoms with Crippen molar-refractivity contribution in [2.45, 2.75) is 0 Å². The van der Waals surface area contributed by atoms with Crippen LogP contribution in [-0.2, 0) is 0 Å². The van der Waals surface area contributed by atoms with Gasteiger partial charge in [-0.25, -0.2) is 8.78 Å². The van der Waals surface area contributed by atoms with E-state index in [1.54, 1.807) is 0 Å². The number of carbonyl (C=O) groups is 2. The Hall–Kier alpha value is -4.00. The zero-order valence-corrected chi connectivity index (χ0v) is 14.9. The van der Waals surface area contributed by atoms with Gasteiger partial charge >= 0.3 is 0 Å². The number of phenolic OH excluding ortho intramolecular Hbond substituents is 2. The maximum absolute atomic E-state index is 13.2. The monoisotopic (exact) mass is 395 g/mol. The third-order valence-electron chi connectivity index (χ3n) is 3.98. The lowest BCUT2D eigenvalue weighted by Crippen LogP contribution is -2.12. The first-order valence-corrected chi connectivity index (χ1v) is 8.44. The molecule has 0 heterocycles. The second kappa shape index (κ2) is 8.35. The van der Waals surface area contributed by atoms with E-state index in [0.29, 0.717) is 22.9 Å². The average molecular weight is 395 g/mol. The molecule has 0 fully saturated rings. The lowest BCUT2D eigenvalue weighted by Gasteiger charge is -2.06. The summed E-state index contributed by atoms with van der Waals surface area (Å²) in [4.78, 5) is 24.3. The number of aromatic hydroxyl groups is 2. The summed E-state index contributed by atoms with van der Waals surface area (Å²) in [6.07, 6.45) is 2.78. The van der Waals surface area contributed by atoms with Gasteiger partial charge in [-0.1, -0.05) is 12.1 Å². The second-order valence-corrected chi connectivity index (χ2v) is 6.14. The zero-order chi connectivity index (χ0) is 21.0. The number of halogens is 2. The number of nitrogens with one attached hydrogen (secondary N) is 1. The Morgan fingerprint density at radius 1 is 0.793 bits per heavy atom. The number of hydrogen-bond acceptors (Lipinski definition) is 4. The number of ketones is 1. The lowest BCUT2D eigenvalue weighted by atomic mass is 10.1. The molecule has 0 aromatic heterocycles. The highest BCUT2D eigenvalue weighted by molar-refractivity contribution is 6.08. The van der Waals surface area contributed by atoms with Gasteiger partial charge in [-0.3, -0.25) is 9.59 Å². The Balaban J connectivity index is 1.67. The minimum absolute atomic E-state index is 0.164. The van der Waals surface area contributed by atoms with Crippen molar-refractivity contribution in [1.29, 1.82) is 0 Å². The van der Waals surface area contributed by atoms with E-state index >= 15 is 0 Å². The van der Waals surface area contributed by atoms with Gasteiger partial charge in [0.15, 0.2) is 17.3 Å². The number of benzene rings is 3. The second-order valence-electron chi connectivity index (χ2n) is 6.14. The Labute approximate surface area is 164 Å². The van der Waals surface area contributed by atoms with Crippen LogP contribution in [0.3, 0.4) is 0 Å². The van der Waals surface area contributed by atoms with Crippen LogP contribution >= 0.6 is 0 Å². The third kappa shape index (κ3) is 5.04. The number of hydrogen-bond donors (Lipinski definition) is 3. The summed E-state index contributed by atoms with van der Waals surface area (Å²) in [7, 11) is 0. The maximum Gasteiger partial charge on any atom is 0.255 e. The van der Waals surface area contributed by atoms with Crippen molar-refractivity contribution in [3.63, 3.8) is 0 Å². The predicted octanol–water partition coefficient (Wildman–Crippen LogP) is 4.52. The van der Waals surface area contributed by atoms with Crippen LogP contribution in [0.15, 0.2) is 66.7 Å². The van der Waals surface area contributed by atoms with E-state index in [1.807, 2.05) is 0 Å². The van der Waals surface area contributed by atoms with Crippen LogP contribution in [0, 0.1) is 11.6 Å². The standard InChI is InChI=1S/C22H15F2NO4/c23-16-10-15(11-17(24)12-16)22(29)25-18-5-3-14(4-6-18)19(26)7-1-13-2-8-20(27)21(28)9-13/h1-12,27-28H,(H,25,29). The molecule has 0 spiro atoms. The van der Waals surface area contributed by atoms with Gasteiger partial charge in [-0.05, 0) is 60.2 Å². The summed E-state index contributed by atoms with van der Waals surface area (Å²) in [5.41, 5.74) is 1.06. The van der Waals surface area contributed by atoms with Crippen molar-refractivity contribution in [1.82, 2.24) is 0 Å². The molecule has 0 saturated heterocycles. The van der Waals surface area contributed by atoms with Gasteiger partial charge in [0.1, 0.15) is 11.6 Å². The molecule has 0 unspecified atom stereocenters. The molecule has 3 N–H and O–H groups in total. The molecule has 3 rings (SSSR count). The van der Waals surface area contributed by atoms with Gasteiger partial charge in [0.25, 0.3) is 5.91 Å². The van der Waals surface area contributed by atoms with Crippen molar-refractivity contribution in [3.8, 4) is 11.5 Å². The zero-order valence-electron chi connectivity index (χ0n) is 14.9. The summed E-state index contributed by atoms with van der Waals surface area (Å²) < 4.78 is 26.4. The molecule has 146 valence electrons. The third-order valence-corrected chi connectivity index (χ3v) is 3.98. The normalized spacial score (nSPS) is 10.8. The molecule has 0 aliphatic heterocycles. The largest absolute Gasteiger partial charge is 0.504 e. The Bertz CT molecular complexity index is 1090. The van der Waals surface area contributed by atoms with Gasteiger partial charge in [0, 0.05) is 22.9 Å². The minimum Gasteiger partial charge on any atom is -0.504 e. The first-order valence-electron chi connectivity index (χ1n) is 8.44. The number of allylic oxidation sites excluding steroid dienone is 1. The molecular weight excluding hydrogens is 380 g/mol. The SMILES string of the molecule is O=C(C=Cc1ccc(O)c(O)c1)c1ccc(NC(=O)c2cc(F)cc(F)c2)cc1. The van der Waals surface area contributed by atoms with E-state index in [0.717, 1.165) is 12.1 Å². The molecule has 0 saturated carbocycles. The van der Waals surface area contributed by atoms with Crippen molar-refractivity contribution in [3.05, 3.63) is 95.1 Å². The van der Waals surface area contributed by atoms with Crippen molar-refractivity contribution >= 4 is 23.5 Å². The van der Waals surface area contributed by atoms with Gasteiger partial charge in [0.2, 0.25) is 0 Å². The van der Waals surface area contributed by atoms with E-state index in [2.05, 4.69) is 5.32 Å². The highest BCUT2D eigenvalue weighted by atomic mass is 19.1. The molecular formula is C22H15F2NO4. The fraction of sp³-hybridized carbons (Fsp3) is 0. The van der Waals surface area contributed by atoms with Gasteiger partial charge < -0.3 is 15.5 Å². The number of anilines is 1. The molecule has 3 aromatic carbocycles. The van der Waals surface area contributed by atoms with E-state index in [-0.39, 0.29) is 22.8 Å². The number of phenols is 2. The topological polar surface area (TPSA) is 86.6 Å². The molecule has 3 aromatic rings. The fourth-order valence-corrected chi connectivity index (χ4v) is 2.52. The molecule has 29 heavy (non-hydrogen) atoms. The highest BCUT2D eigenvalue weighted by Crippen LogP contribution is 2.25. The summed E-state index contributed by atoms with van der Waals surface area (Å²) in [5, 5.41) is 21.2. The smallest absolute Gasteiger partial charge is 0.255 e. The minimum atomic E-state index is -0.857. The highest BCUT2D eigenvalue weighted by Gasteiger charge is 2.10. The molecule has 0 bridgehead atoms. The quantitative estimate of drug-likeness (QED) is 0.337. The molecule has 0 atom stereocenters. The fourth-order valence-electron chi connectivity index (χ4n) is 2.52. The molecule has 0 radical (unpaired) electrons. The first kappa shape index (κ1) is 19.8. The molecule has 7 heteroatoms. The van der Waals surface area contributed by atoms with Gasteiger partial charge in [-0.15, -0.1) is 0 Å². The number of rotatable bonds is 5. The van der Waals surface area contributed by atoms with E-state index < -0.39 is 17.5 Å². The predicted molar refractivity (Wildman–Crippen MR) is 104 cm³/mol. The Kier molecular flexibility index (Phi) is 5.69. The first-order chi connectivity index (χ1) is 13.8. The summed E-state index contributed by atoms with van der Waals surface area (Å²) in [6.45, 7) is 0. The lowest BCUT2D eigenvalue weighted by molar-refractivity contribution is 0.102. The molecule has 0 aliphatic rings.